The summed E-state index contributed by atoms with van der Waals surface area (Å²) in [7, 11) is 1.61. The number of amides is 1. The van der Waals surface area contributed by atoms with Gasteiger partial charge in [0.2, 0.25) is 5.91 Å². The Labute approximate surface area is 127 Å². The predicted octanol–water partition coefficient (Wildman–Crippen LogP) is 2.97. The summed E-state index contributed by atoms with van der Waals surface area (Å²) in [5.41, 5.74) is 0. The third-order valence-corrected chi connectivity index (χ3v) is 3.86. The standard InChI is InChI=1S/C17H25NO3/c1-13-10-14(2)12-18(11-13)17(19)8-9-21-16-7-5-4-6-15(16)20-3/h4-7,13-14H,8-12H2,1-3H3. The number of rotatable bonds is 5. The molecular weight excluding hydrogens is 266 g/mol. The van der Waals surface area contributed by atoms with Gasteiger partial charge in [0, 0.05) is 13.1 Å². The molecule has 0 spiro atoms. The number of methoxy groups -OCH3 is 1. The smallest absolute Gasteiger partial charge is 0.226 e. The first-order chi connectivity index (χ1) is 10.1. The van der Waals surface area contributed by atoms with E-state index in [-0.39, 0.29) is 5.91 Å². The summed E-state index contributed by atoms with van der Waals surface area (Å²) < 4.78 is 10.9. The maximum Gasteiger partial charge on any atom is 0.226 e. The molecule has 4 nitrogen and oxygen atoms in total. The van der Waals surface area contributed by atoms with Crippen molar-refractivity contribution in [3.63, 3.8) is 0 Å². The van der Waals surface area contributed by atoms with Gasteiger partial charge in [0.15, 0.2) is 11.5 Å². The van der Waals surface area contributed by atoms with E-state index in [0.717, 1.165) is 13.1 Å². The topological polar surface area (TPSA) is 38.8 Å². The fourth-order valence-electron chi connectivity index (χ4n) is 3.01. The highest BCUT2D eigenvalue weighted by Gasteiger charge is 2.25. The van der Waals surface area contributed by atoms with Gasteiger partial charge in [0.1, 0.15) is 0 Å². The monoisotopic (exact) mass is 291 g/mol. The van der Waals surface area contributed by atoms with Gasteiger partial charge in [-0.15, -0.1) is 0 Å². The lowest BCUT2D eigenvalue weighted by atomic mass is 9.92. The molecule has 2 rings (SSSR count). The Bertz CT molecular complexity index is 465. The molecule has 1 aliphatic heterocycles. The van der Waals surface area contributed by atoms with Gasteiger partial charge >= 0.3 is 0 Å². The van der Waals surface area contributed by atoms with Crippen LogP contribution in [-0.2, 0) is 4.79 Å². The number of para-hydroxylation sites is 2. The Morgan fingerprint density at radius 2 is 1.81 bits per heavy atom. The van der Waals surface area contributed by atoms with E-state index >= 15 is 0 Å². The number of hydrogen-bond donors (Lipinski definition) is 0. The van der Waals surface area contributed by atoms with Crippen molar-refractivity contribution in [2.24, 2.45) is 11.8 Å². The van der Waals surface area contributed by atoms with Crippen LogP contribution >= 0.6 is 0 Å². The van der Waals surface area contributed by atoms with Crippen molar-refractivity contribution in [2.75, 3.05) is 26.8 Å². The Kier molecular flexibility index (Phi) is 5.48. The molecule has 0 N–H and O–H groups in total. The molecule has 1 aliphatic rings. The normalized spacial score (nSPS) is 22.0. The van der Waals surface area contributed by atoms with Crippen LogP contribution in [0.25, 0.3) is 0 Å². The fourth-order valence-corrected chi connectivity index (χ4v) is 3.01. The van der Waals surface area contributed by atoms with E-state index in [1.54, 1.807) is 7.11 Å². The lowest BCUT2D eigenvalue weighted by molar-refractivity contribution is -0.134. The van der Waals surface area contributed by atoms with E-state index in [4.69, 9.17) is 9.47 Å². The highest BCUT2D eigenvalue weighted by atomic mass is 16.5. The van der Waals surface area contributed by atoms with Crippen molar-refractivity contribution in [2.45, 2.75) is 26.7 Å². The lowest BCUT2D eigenvalue weighted by Gasteiger charge is -2.35. The second kappa shape index (κ2) is 7.34. The first-order valence-electron chi connectivity index (χ1n) is 7.63. The van der Waals surface area contributed by atoms with Crippen molar-refractivity contribution in [1.29, 1.82) is 0 Å². The van der Waals surface area contributed by atoms with E-state index in [1.807, 2.05) is 29.2 Å². The van der Waals surface area contributed by atoms with E-state index < -0.39 is 0 Å². The Balaban J connectivity index is 1.81. The summed E-state index contributed by atoms with van der Waals surface area (Å²) in [6.07, 6.45) is 1.62. The number of nitrogens with zero attached hydrogens (tertiary/aromatic N) is 1. The Morgan fingerprint density at radius 3 is 2.43 bits per heavy atom. The average Bonchev–Trinajstić information content (AvgIpc) is 2.46. The van der Waals surface area contributed by atoms with E-state index in [2.05, 4.69) is 13.8 Å². The number of ether oxygens (including phenoxy) is 2. The quantitative estimate of drug-likeness (QED) is 0.837. The molecule has 0 saturated carbocycles. The third-order valence-electron chi connectivity index (χ3n) is 3.86. The van der Waals surface area contributed by atoms with Gasteiger partial charge < -0.3 is 14.4 Å². The predicted molar refractivity (Wildman–Crippen MR) is 82.6 cm³/mol. The summed E-state index contributed by atoms with van der Waals surface area (Å²) in [6.45, 7) is 6.55. The zero-order valence-electron chi connectivity index (χ0n) is 13.2. The van der Waals surface area contributed by atoms with Crippen LogP contribution in [0.2, 0.25) is 0 Å². The molecule has 4 heteroatoms. The molecule has 0 radical (unpaired) electrons. The number of likely N-dealkylation sites (tertiary alicyclic amines) is 1. The highest BCUT2D eigenvalue weighted by Crippen LogP contribution is 2.26. The van der Waals surface area contributed by atoms with Gasteiger partial charge in [-0.3, -0.25) is 4.79 Å². The molecule has 1 fully saturated rings. The van der Waals surface area contributed by atoms with Crippen molar-refractivity contribution in [3.8, 4) is 11.5 Å². The minimum Gasteiger partial charge on any atom is -0.493 e. The van der Waals surface area contributed by atoms with Crippen LogP contribution in [0.15, 0.2) is 24.3 Å². The number of piperidine rings is 1. The SMILES string of the molecule is COc1ccccc1OCCC(=O)N1CC(C)CC(C)C1. The minimum absolute atomic E-state index is 0.184. The van der Waals surface area contributed by atoms with Crippen molar-refractivity contribution < 1.29 is 14.3 Å². The van der Waals surface area contributed by atoms with Gasteiger partial charge in [-0.2, -0.15) is 0 Å². The zero-order chi connectivity index (χ0) is 15.2. The van der Waals surface area contributed by atoms with Gasteiger partial charge in [-0.1, -0.05) is 26.0 Å². The van der Waals surface area contributed by atoms with E-state index in [9.17, 15) is 4.79 Å². The van der Waals surface area contributed by atoms with Crippen LogP contribution in [0, 0.1) is 11.8 Å². The molecule has 0 aliphatic carbocycles. The molecule has 0 aromatic heterocycles. The van der Waals surface area contributed by atoms with Crippen molar-refractivity contribution >= 4 is 5.91 Å². The summed E-state index contributed by atoms with van der Waals surface area (Å²) >= 11 is 0. The van der Waals surface area contributed by atoms with E-state index in [0.29, 0.717) is 36.4 Å². The van der Waals surface area contributed by atoms with Crippen LogP contribution in [0.5, 0.6) is 11.5 Å². The first kappa shape index (κ1) is 15.7. The molecule has 2 unspecified atom stereocenters. The molecule has 1 saturated heterocycles. The highest BCUT2D eigenvalue weighted by molar-refractivity contribution is 5.76. The van der Waals surface area contributed by atoms with Gasteiger partial charge in [-0.05, 0) is 30.4 Å². The van der Waals surface area contributed by atoms with Crippen molar-refractivity contribution in [3.05, 3.63) is 24.3 Å². The maximum atomic E-state index is 12.2. The molecule has 0 bridgehead atoms. The van der Waals surface area contributed by atoms with Crippen LogP contribution in [0.3, 0.4) is 0 Å². The molecule has 1 aromatic carbocycles. The molecule has 1 aromatic rings. The molecule has 21 heavy (non-hydrogen) atoms. The average molecular weight is 291 g/mol. The largest absolute Gasteiger partial charge is 0.493 e. The molecular formula is C17H25NO3. The number of carbonyl (C=O) groups is 1. The van der Waals surface area contributed by atoms with E-state index in [1.165, 1.54) is 6.42 Å². The second-order valence-corrected chi connectivity index (χ2v) is 5.99. The third kappa shape index (κ3) is 4.38. The van der Waals surface area contributed by atoms with Crippen LogP contribution < -0.4 is 9.47 Å². The summed E-state index contributed by atoms with van der Waals surface area (Å²) in [6, 6.07) is 7.50. The summed E-state index contributed by atoms with van der Waals surface area (Å²) in [5.74, 6) is 2.75. The summed E-state index contributed by atoms with van der Waals surface area (Å²) in [4.78, 5) is 14.2. The zero-order valence-corrected chi connectivity index (χ0v) is 13.2. The summed E-state index contributed by atoms with van der Waals surface area (Å²) in [5, 5.41) is 0. The lowest BCUT2D eigenvalue weighted by Crippen LogP contribution is -2.42. The van der Waals surface area contributed by atoms with Crippen LogP contribution in [0.1, 0.15) is 26.7 Å². The Hall–Kier alpha value is -1.71. The van der Waals surface area contributed by atoms with Gasteiger partial charge in [-0.25, -0.2) is 0 Å². The van der Waals surface area contributed by atoms with Gasteiger partial charge in [0.05, 0.1) is 20.1 Å². The second-order valence-electron chi connectivity index (χ2n) is 5.99. The van der Waals surface area contributed by atoms with Crippen LogP contribution in [-0.4, -0.2) is 37.6 Å². The van der Waals surface area contributed by atoms with Crippen LogP contribution in [0.4, 0.5) is 0 Å². The molecule has 1 heterocycles. The molecule has 1 amide bonds. The van der Waals surface area contributed by atoms with Gasteiger partial charge in [0.25, 0.3) is 0 Å². The Morgan fingerprint density at radius 1 is 1.19 bits per heavy atom. The first-order valence-corrected chi connectivity index (χ1v) is 7.63. The molecule has 2 atom stereocenters. The number of benzene rings is 1. The van der Waals surface area contributed by atoms with Crippen molar-refractivity contribution in [1.82, 2.24) is 4.90 Å². The number of hydrogen-bond acceptors (Lipinski definition) is 3. The molecule has 116 valence electrons. The number of carbonyl (C=O) groups excluding carboxylic acids is 1. The minimum atomic E-state index is 0.184. The fraction of sp³-hybridized carbons (Fsp3) is 0.588. The maximum absolute atomic E-state index is 12.2.